The van der Waals surface area contributed by atoms with Crippen LogP contribution in [0.5, 0.6) is 5.75 Å². The number of nitrogens with zero attached hydrogens (tertiary/aromatic N) is 1. The van der Waals surface area contributed by atoms with Crippen molar-refractivity contribution in [2.75, 3.05) is 25.3 Å². The van der Waals surface area contributed by atoms with Gasteiger partial charge in [0.25, 0.3) is 5.91 Å². The minimum absolute atomic E-state index is 0.0519. The molecule has 1 unspecified atom stereocenters. The van der Waals surface area contributed by atoms with Gasteiger partial charge in [-0.25, -0.2) is 0 Å². The van der Waals surface area contributed by atoms with E-state index in [0.29, 0.717) is 11.4 Å². The summed E-state index contributed by atoms with van der Waals surface area (Å²) in [5.74, 6) is -0.741. The van der Waals surface area contributed by atoms with Crippen molar-refractivity contribution < 1.29 is 29.0 Å². The van der Waals surface area contributed by atoms with Gasteiger partial charge in [-0.1, -0.05) is 13.0 Å². The van der Waals surface area contributed by atoms with Crippen LogP contribution in [-0.2, 0) is 19.1 Å². The van der Waals surface area contributed by atoms with E-state index in [0.717, 1.165) is 5.56 Å². The van der Waals surface area contributed by atoms with E-state index in [4.69, 9.17) is 9.47 Å². The van der Waals surface area contributed by atoms with Crippen LogP contribution < -0.4 is 9.64 Å². The zero-order valence-electron chi connectivity index (χ0n) is 14.8. The first-order chi connectivity index (χ1) is 12.5. The molecular weight excluding hydrogens is 338 g/mol. The Labute approximate surface area is 151 Å². The number of aliphatic hydroxyl groups is 1. The molecule has 1 N–H and O–H groups in total. The molecule has 0 spiro atoms. The predicted molar refractivity (Wildman–Crippen MR) is 93.2 cm³/mol. The molecular formula is C19H21NO6. The molecule has 0 radical (unpaired) electrons. The van der Waals surface area contributed by atoms with E-state index in [1.54, 1.807) is 19.1 Å². The molecule has 2 aliphatic rings. The number of hydrogen-bond acceptors (Lipinski definition) is 6. The number of aliphatic hydroxyl groups excluding tert-OH is 1. The molecule has 0 fully saturated rings. The minimum Gasteiger partial charge on any atom is -0.511 e. The molecule has 0 aromatic heterocycles. The first-order valence-electron chi connectivity index (χ1n) is 8.50. The van der Waals surface area contributed by atoms with Crippen molar-refractivity contribution in [1.82, 2.24) is 0 Å². The van der Waals surface area contributed by atoms with Gasteiger partial charge < -0.3 is 14.6 Å². The summed E-state index contributed by atoms with van der Waals surface area (Å²) in [6, 6.07) is 5.35. The Morgan fingerprint density at radius 1 is 1.35 bits per heavy atom. The smallest absolute Gasteiger partial charge is 0.266 e. The Bertz CT molecular complexity index is 797. The number of hydrogen-bond donors (Lipinski definition) is 1. The first kappa shape index (κ1) is 18.1. The fourth-order valence-electron chi connectivity index (χ4n) is 3.37. The topological polar surface area (TPSA) is 93.1 Å². The van der Waals surface area contributed by atoms with Crippen LogP contribution >= 0.6 is 0 Å². The lowest BCUT2D eigenvalue weighted by molar-refractivity contribution is -0.123. The number of Topliss-reactive ketones (excluding diaryl/α,β-unsaturated/α-hetero) is 2. The fraction of sp³-hybridized carbons (Fsp3) is 0.421. The Kier molecular flexibility index (Phi) is 5.08. The van der Waals surface area contributed by atoms with Crippen LogP contribution in [0.1, 0.15) is 37.7 Å². The second kappa shape index (κ2) is 7.29. The minimum atomic E-state index is -0.343. The molecule has 1 aliphatic carbocycles. The van der Waals surface area contributed by atoms with E-state index in [1.807, 2.05) is 6.07 Å². The maximum atomic E-state index is 12.3. The van der Waals surface area contributed by atoms with Crippen molar-refractivity contribution in [3.8, 4) is 5.75 Å². The van der Waals surface area contributed by atoms with Gasteiger partial charge >= 0.3 is 0 Å². The molecule has 7 nitrogen and oxygen atoms in total. The van der Waals surface area contributed by atoms with Crippen LogP contribution in [0.25, 0.3) is 0 Å². The summed E-state index contributed by atoms with van der Waals surface area (Å²) in [5, 5.41) is 10.2. The van der Waals surface area contributed by atoms with Gasteiger partial charge in [-0.2, -0.15) is 0 Å². The van der Waals surface area contributed by atoms with Crippen LogP contribution in [0, 0.1) is 0 Å². The van der Waals surface area contributed by atoms with Crippen molar-refractivity contribution in [3.05, 3.63) is 35.1 Å². The fourth-order valence-corrected chi connectivity index (χ4v) is 3.37. The van der Waals surface area contributed by atoms with Crippen molar-refractivity contribution in [1.29, 1.82) is 0 Å². The molecule has 26 heavy (non-hydrogen) atoms. The summed E-state index contributed by atoms with van der Waals surface area (Å²) in [7, 11) is 1.50. The highest BCUT2D eigenvalue weighted by Gasteiger charge is 2.33. The van der Waals surface area contributed by atoms with Crippen LogP contribution in [0.2, 0.25) is 0 Å². The van der Waals surface area contributed by atoms with Crippen LogP contribution in [0.3, 0.4) is 0 Å². The number of amides is 1. The standard InChI is InChI=1S/C19H21NO6/c1-3-14(21)19-15(22)7-12(8-16(19)23)11-4-5-17-13(6-11)20(10-25-2)18(24)9-26-17/h4-6,12,22H,3,7-10H2,1-2H3. The lowest BCUT2D eigenvalue weighted by atomic mass is 9.81. The lowest BCUT2D eigenvalue weighted by Crippen LogP contribution is -2.40. The van der Waals surface area contributed by atoms with Gasteiger partial charge in [0, 0.05) is 26.4 Å². The van der Waals surface area contributed by atoms with Gasteiger partial charge in [-0.15, -0.1) is 0 Å². The highest BCUT2D eigenvalue weighted by Crippen LogP contribution is 2.39. The van der Waals surface area contributed by atoms with Crippen LogP contribution in [-0.4, -0.2) is 43.0 Å². The third kappa shape index (κ3) is 3.22. The largest absolute Gasteiger partial charge is 0.511 e. The van der Waals surface area contributed by atoms with E-state index < -0.39 is 0 Å². The maximum absolute atomic E-state index is 12.3. The third-order valence-corrected chi connectivity index (χ3v) is 4.69. The number of ether oxygens (including phenoxy) is 2. The van der Waals surface area contributed by atoms with Crippen LogP contribution in [0.15, 0.2) is 29.5 Å². The van der Waals surface area contributed by atoms with E-state index in [-0.39, 0.29) is 67.3 Å². The SMILES string of the molecule is CCC(=O)C1=C(O)CC(c2ccc3c(c2)N(COC)C(=O)CO3)CC1=O. The van der Waals surface area contributed by atoms with E-state index in [9.17, 15) is 19.5 Å². The van der Waals surface area contributed by atoms with Gasteiger partial charge in [-0.05, 0) is 23.6 Å². The third-order valence-electron chi connectivity index (χ3n) is 4.69. The second-order valence-electron chi connectivity index (χ2n) is 6.38. The summed E-state index contributed by atoms with van der Waals surface area (Å²) in [6.07, 6.45) is 0.535. The molecule has 0 saturated carbocycles. The Morgan fingerprint density at radius 2 is 2.12 bits per heavy atom. The highest BCUT2D eigenvalue weighted by atomic mass is 16.5. The molecule has 1 amide bonds. The van der Waals surface area contributed by atoms with Gasteiger partial charge in [0.05, 0.1) is 11.3 Å². The second-order valence-corrected chi connectivity index (χ2v) is 6.38. The summed E-state index contributed by atoms with van der Waals surface area (Å²) in [6.45, 7) is 1.71. The summed E-state index contributed by atoms with van der Waals surface area (Å²) in [4.78, 5) is 37.8. The molecule has 138 valence electrons. The molecule has 1 atom stereocenters. The number of carbonyl (C=O) groups is 3. The van der Waals surface area contributed by atoms with Gasteiger partial charge in [0.15, 0.2) is 18.2 Å². The number of benzene rings is 1. The number of allylic oxidation sites excluding steroid dienone is 2. The summed E-state index contributed by atoms with van der Waals surface area (Å²) < 4.78 is 10.5. The van der Waals surface area contributed by atoms with Gasteiger partial charge in [-0.3, -0.25) is 19.3 Å². The van der Waals surface area contributed by atoms with Gasteiger partial charge in [0.1, 0.15) is 18.2 Å². The van der Waals surface area contributed by atoms with Crippen molar-refractivity contribution in [3.63, 3.8) is 0 Å². The average Bonchev–Trinajstić information content (AvgIpc) is 2.63. The maximum Gasteiger partial charge on any atom is 0.266 e. The molecule has 7 heteroatoms. The molecule has 0 saturated heterocycles. The Balaban J connectivity index is 1.92. The number of rotatable bonds is 5. The van der Waals surface area contributed by atoms with Gasteiger partial charge in [0.2, 0.25) is 0 Å². The van der Waals surface area contributed by atoms with E-state index >= 15 is 0 Å². The highest BCUT2D eigenvalue weighted by molar-refractivity contribution is 6.21. The Morgan fingerprint density at radius 3 is 2.77 bits per heavy atom. The molecule has 1 aliphatic heterocycles. The van der Waals surface area contributed by atoms with Crippen molar-refractivity contribution in [2.24, 2.45) is 0 Å². The molecule has 3 rings (SSSR count). The summed E-state index contributed by atoms with van der Waals surface area (Å²) in [5.41, 5.74) is 1.30. The first-order valence-corrected chi connectivity index (χ1v) is 8.50. The quantitative estimate of drug-likeness (QED) is 0.811. The number of carbonyl (C=O) groups excluding carboxylic acids is 3. The van der Waals surface area contributed by atoms with E-state index in [1.165, 1.54) is 12.0 Å². The monoisotopic (exact) mass is 359 g/mol. The number of fused-ring (bicyclic) bond motifs is 1. The zero-order chi connectivity index (χ0) is 18.8. The Hall–Kier alpha value is -2.67. The molecule has 1 heterocycles. The predicted octanol–water partition coefficient (Wildman–Crippen LogP) is 2.25. The normalized spacial score (nSPS) is 20.1. The lowest BCUT2D eigenvalue weighted by Gasteiger charge is -2.30. The average molecular weight is 359 g/mol. The van der Waals surface area contributed by atoms with Crippen LogP contribution in [0.4, 0.5) is 5.69 Å². The molecule has 1 aromatic rings. The number of methoxy groups -OCH3 is 1. The van der Waals surface area contributed by atoms with E-state index in [2.05, 4.69) is 0 Å². The molecule has 1 aromatic carbocycles. The number of anilines is 1. The number of ketones is 2. The van der Waals surface area contributed by atoms with Crippen molar-refractivity contribution in [2.45, 2.75) is 32.1 Å². The summed E-state index contributed by atoms with van der Waals surface area (Å²) >= 11 is 0. The zero-order valence-corrected chi connectivity index (χ0v) is 14.8. The van der Waals surface area contributed by atoms with Crippen molar-refractivity contribution >= 4 is 23.2 Å². The molecule has 0 bridgehead atoms.